The third-order valence-corrected chi connectivity index (χ3v) is 8.20. The number of carbonyl (C=O) groups excluding carboxylic acids is 1. The van der Waals surface area contributed by atoms with Gasteiger partial charge in [0.15, 0.2) is 5.13 Å². The molecular formula is C18H27N3O3S3. The average Bonchev–Trinajstić information content (AvgIpc) is 3.10. The van der Waals surface area contributed by atoms with E-state index in [1.54, 1.807) is 6.20 Å². The number of nitrogens with one attached hydrogen (secondary N) is 1. The Balaban J connectivity index is 1.61. The van der Waals surface area contributed by atoms with Crippen molar-refractivity contribution in [2.75, 3.05) is 22.6 Å². The Bertz CT molecular complexity index is 610. The largest absolute Gasteiger partial charge is 0.481 e. The lowest BCUT2D eigenvalue weighted by Crippen LogP contribution is -2.51. The zero-order valence-electron chi connectivity index (χ0n) is 15.4. The zero-order valence-corrected chi connectivity index (χ0v) is 17.8. The number of rotatable bonds is 7. The van der Waals surface area contributed by atoms with E-state index in [9.17, 15) is 9.59 Å². The minimum absolute atomic E-state index is 0.0183. The van der Waals surface area contributed by atoms with E-state index in [-0.39, 0.29) is 12.5 Å². The molecule has 2 heterocycles. The number of anilines is 1. The Morgan fingerprint density at radius 2 is 1.89 bits per heavy atom. The lowest BCUT2D eigenvalue weighted by atomic mass is 9.92. The molecule has 0 radical (unpaired) electrons. The van der Waals surface area contributed by atoms with Crippen LogP contribution in [0.2, 0.25) is 0 Å². The average molecular weight is 430 g/mol. The Labute approximate surface area is 172 Å². The minimum Gasteiger partial charge on any atom is -0.481 e. The molecule has 27 heavy (non-hydrogen) atoms. The van der Waals surface area contributed by atoms with Crippen LogP contribution in [-0.4, -0.2) is 56.3 Å². The van der Waals surface area contributed by atoms with Gasteiger partial charge in [0, 0.05) is 17.8 Å². The van der Waals surface area contributed by atoms with Crippen molar-refractivity contribution in [2.45, 2.75) is 67.7 Å². The maximum Gasteiger partial charge on any atom is 0.324 e. The summed E-state index contributed by atoms with van der Waals surface area (Å²) in [4.78, 5) is 30.2. The number of aliphatic carboxylic acids is 1. The molecule has 1 saturated carbocycles. The molecule has 0 atom stereocenters. The number of carboxylic acids is 1. The molecule has 3 rings (SSSR count). The molecule has 1 aromatic rings. The normalized spacial score (nSPS) is 19.0. The smallest absolute Gasteiger partial charge is 0.324 e. The van der Waals surface area contributed by atoms with E-state index in [1.807, 2.05) is 11.8 Å². The fourth-order valence-electron chi connectivity index (χ4n) is 3.73. The van der Waals surface area contributed by atoms with Crippen LogP contribution in [0.15, 0.2) is 10.4 Å². The van der Waals surface area contributed by atoms with Crippen LogP contribution in [-0.2, 0) is 4.79 Å². The van der Waals surface area contributed by atoms with Crippen molar-refractivity contribution < 1.29 is 14.7 Å². The standard InChI is InChI=1S/C18H27N3O3S3/c22-15(23)8-11-26-16-12-19-17(27-16)20-18(24)21(13-4-2-1-3-5-13)14-6-9-25-10-7-14/h12-14H,1-11H2,(H,22,23)(H,19,20,24). The molecular weight excluding hydrogens is 402 g/mol. The lowest BCUT2D eigenvalue weighted by Gasteiger charge is -2.41. The van der Waals surface area contributed by atoms with Crippen LogP contribution >= 0.6 is 34.9 Å². The number of thioether (sulfide) groups is 2. The first-order chi connectivity index (χ1) is 13.1. The van der Waals surface area contributed by atoms with Gasteiger partial charge in [0.05, 0.1) is 16.8 Å². The summed E-state index contributed by atoms with van der Waals surface area (Å²) < 4.78 is 0.935. The molecule has 2 fully saturated rings. The number of amides is 2. The quantitative estimate of drug-likeness (QED) is 0.608. The van der Waals surface area contributed by atoms with Crippen LogP contribution < -0.4 is 5.32 Å². The molecule has 150 valence electrons. The maximum atomic E-state index is 13.1. The number of aromatic nitrogens is 1. The Morgan fingerprint density at radius 3 is 2.59 bits per heavy atom. The summed E-state index contributed by atoms with van der Waals surface area (Å²) in [5, 5.41) is 12.3. The van der Waals surface area contributed by atoms with Gasteiger partial charge in [-0.1, -0.05) is 30.6 Å². The van der Waals surface area contributed by atoms with Crippen LogP contribution in [0.5, 0.6) is 0 Å². The number of thiazole rings is 1. The minimum atomic E-state index is -0.797. The van der Waals surface area contributed by atoms with Gasteiger partial charge in [0.2, 0.25) is 0 Å². The van der Waals surface area contributed by atoms with E-state index in [0.717, 1.165) is 41.4 Å². The second-order valence-electron chi connectivity index (χ2n) is 6.95. The van der Waals surface area contributed by atoms with Crippen LogP contribution in [0.3, 0.4) is 0 Å². The van der Waals surface area contributed by atoms with Gasteiger partial charge in [-0.25, -0.2) is 9.78 Å². The highest BCUT2D eigenvalue weighted by Crippen LogP contribution is 2.32. The number of hydrogen-bond acceptors (Lipinski definition) is 6. The van der Waals surface area contributed by atoms with Gasteiger partial charge in [-0.2, -0.15) is 11.8 Å². The van der Waals surface area contributed by atoms with Crippen molar-refractivity contribution in [1.29, 1.82) is 0 Å². The molecule has 2 N–H and O–H groups in total. The lowest BCUT2D eigenvalue weighted by molar-refractivity contribution is -0.136. The van der Waals surface area contributed by atoms with Gasteiger partial charge in [-0.3, -0.25) is 10.1 Å². The fourth-order valence-corrected chi connectivity index (χ4v) is 6.68. The summed E-state index contributed by atoms with van der Waals surface area (Å²) in [5.74, 6) is 1.97. The Kier molecular flexibility index (Phi) is 8.14. The third kappa shape index (κ3) is 6.29. The van der Waals surface area contributed by atoms with Crippen molar-refractivity contribution in [3.63, 3.8) is 0 Å². The van der Waals surface area contributed by atoms with Crippen LogP contribution in [0.25, 0.3) is 0 Å². The van der Waals surface area contributed by atoms with Crippen molar-refractivity contribution >= 4 is 52.0 Å². The van der Waals surface area contributed by atoms with E-state index >= 15 is 0 Å². The van der Waals surface area contributed by atoms with E-state index in [0.29, 0.717) is 23.0 Å². The van der Waals surface area contributed by atoms with E-state index in [4.69, 9.17) is 5.11 Å². The van der Waals surface area contributed by atoms with Crippen molar-refractivity contribution in [3.05, 3.63) is 6.20 Å². The number of nitrogens with zero attached hydrogens (tertiary/aromatic N) is 2. The van der Waals surface area contributed by atoms with Gasteiger partial charge in [0.1, 0.15) is 0 Å². The van der Waals surface area contributed by atoms with Gasteiger partial charge in [-0.05, 0) is 37.2 Å². The summed E-state index contributed by atoms with van der Waals surface area (Å²) in [6.45, 7) is 0. The summed E-state index contributed by atoms with van der Waals surface area (Å²) in [5.41, 5.74) is 0. The highest BCUT2D eigenvalue weighted by atomic mass is 32.2. The molecule has 1 aliphatic carbocycles. The van der Waals surface area contributed by atoms with Crippen molar-refractivity contribution in [2.24, 2.45) is 0 Å². The first-order valence-electron chi connectivity index (χ1n) is 9.61. The zero-order chi connectivity index (χ0) is 19.1. The molecule has 1 aliphatic heterocycles. The summed E-state index contributed by atoms with van der Waals surface area (Å²) in [6.07, 6.45) is 9.88. The molecule has 1 aromatic heterocycles. The maximum absolute atomic E-state index is 13.1. The van der Waals surface area contributed by atoms with Crippen LogP contribution in [0, 0.1) is 0 Å². The number of urea groups is 1. The van der Waals surface area contributed by atoms with Gasteiger partial charge < -0.3 is 10.0 Å². The Hall–Kier alpha value is -0.930. The van der Waals surface area contributed by atoms with Crippen LogP contribution in [0.1, 0.15) is 51.4 Å². The SMILES string of the molecule is O=C(O)CCSc1cnc(NC(=O)N(C2CCCCC2)C2CCSCC2)s1. The first kappa shape index (κ1) is 20.8. The van der Waals surface area contributed by atoms with Crippen LogP contribution in [0.4, 0.5) is 9.93 Å². The topological polar surface area (TPSA) is 82.5 Å². The summed E-state index contributed by atoms with van der Waals surface area (Å²) in [7, 11) is 0. The second-order valence-corrected chi connectivity index (χ2v) is 10.6. The molecule has 0 aromatic carbocycles. The summed E-state index contributed by atoms with van der Waals surface area (Å²) >= 11 is 4.87. The van der Waals surface area contributed by atoms with Gasteiger partial charge in [-0.15, -0.1) is 11.8 Å². The molecule has 1 saturated heterocycles. The van der Waals surface area contributed by atoms with E-state index in [2.05, 4.69) is 15.2 Å². The highest BCUT2D eigenvalue weighted by Gasteiger charge is 2.33. The van der Waals surface area contributed by atoms with Crippen molar-refractivity contribution in [1.82, 2.24) is 9.88 Å². The molecule has 0 spiro atoms. The first-order valence-corrected chi connectivity index (χ1v) is 12.6. The predicted molar refractivity (Wildman–Crippen MR) is 113 cm³/mol. The molecule has 0 unspecified atom stereocenters. The second kappa shape index (κ2) is 10.6. The third-order valence-electron chi connectivity index (χ3n) is 5.05. The molecule has 9 heteroatoms. The number of hydrogen-bond donors (Lipinski definition) is 2. The molecule has 0 bridgehead atoms. The van der Waals surface area contributed by atoms with Gasteiger partial charge >= 0.3 is 12.0 Å². The molecule has 2 aliphatic rings. The highest BCUT2D eigenvalue weighted by molar-refractivity contribution is 8.01. The monoisotopic (exact) mass is 429 g/mol. The fraction of sp³-hybridized carbons (Fsp3) is 0.722. The Morgan fingerprint density at radius 1 is 1.19 bits per heavy atom. The predicted octanol–water partition coefficient (Wildman–Crippen LogP) is 4.77. The molecule has 2 amide bonds. The number of carbonyl (C=O) groups is 2. The van der Waals surface area contributed by atoms with E-state index < -0.39 is 5.97 Å². The summed E-state index contributed by atoms with van der Waals surface area (Å²) in [6, 6.07) is 0.658. The van der Waals surface area contributed by atoms with E-state index in [1.165, 1.54) is 42.4 Å². The van der Waals surface area contributed by atoms with Crippen molar-refractivity contribution in [3.8, 4) is 0 Å². The molecule has 6 nitrogen and oxygen atoms in total. The number of carboxylic acid groups (broad SMARTS) is 1. The van der Waals surface area contributed by atoms with Gasteiger partial charge in [0.25, 0.3) is 0 Å².